The van der Waals surface area contributed by atoms with E-state index in [4.69, 9.17) is 0 Å². The summed E-state index contributed by atoms with van der Waals surface area (Å²) >= 11 is 1.62. The highest BCUT2D eigenvalue weighted by atomic mass is 35.5. The van der Waals surface area contributed by atoms with Crippen LogP contribution in [0.3, 0.4) is 0 Å². The van der Waals surface area contributed by atoms with E-state index in [9.17, 15) is 4.79 Å². The van der Waals surface area contributed by atoms with Gasteiger partial charge in [-0.25, -0.2) is 4.98 Å². The summed E-state index contributed by atoms with van der Waals surface area (Å²) in [6.07, 6.45) is 3.16. The lowest BCUT2D eigenvalue weighted by Crippen LogP contribution is -2.46. The van der Waals surface area contributed by atoms with Crippen LogP contribution in [0.5, 0.6) is 0 Å². The van der Waals surface area contributed by atoms with Crippen molar-refractivity contribution >= 4 is 42.1 Å². The van der Waals surface area contributed by atoms with Gasteiger partial charge in [0.1, 0.15) is 0 Å². The molecule has 0 saturated carbocycles. The topological polar surface area (TPSA) is 45.2 Å². The summed E-state index contributed by atoms with van der Waals surface area (Å²) < 4.78 is 0. The summed E-state index contributed by atoms with van der Waals surface area (Å²) in [7, 11) is 0. The monoisotopic (exact) mass is 297 g/mol. The third kappa shape index (κ3) is 5.21. The molecule has 1 aromatic rings. The van der Waals surface area contributed by atoms with Crippen LogP contribution in [0.2, 0.25) is 0 Å². The van der Waals surface area contributed by atoms with E-state index in [0.717, 1.165) is 37.6 Å². The van der Waals surface area contributed by atoms with E-state index in [0.29, 0.717) is 6.42 Å². The van der Waals surface area contributed by atoms with Crippen molar-refractivity contribution in [2.75, 3.05) is 26.2 Å². The molecule has 1 fully saturated rings. The van der Waals surface area contributed by atoms with Crippen molar-refractivity contribution in [3.8, 4) is 0 Å². The molecular weight excluding hydrogens is 281 g/mol. The zero-order chi connectivity index (χ0) is 10.5. The summed E-state index contributed by atoms with van der Waals surface area (Å²) in [5.74, 6) is 0.256. The first kappa shape index (κ1) is 16.6. The molecule has 0 bridgehead atoms. The van der Waals surface area contributed by atoms with Crippen LogP contribution in [0, 0.1) is 0 Å². The first-order chi connectivity index (χ1) is 7.36. The van der Waals surface area contributed by atoms with Gasteiger partial charge >= 0.3 is 0 Å². The van der Waals surface area contributed by atoms with Crippen molar-refractivity contribution < 1.29 is 4.79 Å². The van der Waals surface area contributed by atoms with E-state index < -0.39 is 0 Å². The minimum atomic E-state index is 0. The lowest BCUT2D eigenvalue weighted by atomic mass is 10.2. The molecule has 2 rings (SSSR count). The molecule has 1 saturated heterocycles. The predicted molar refractivity (Wildman–Crippen MR) is 74.4 cm³/mol. The van der Waals surface area contributed by atoms with Crippen LogP contribution in [0.15, 0.2) is 11.6 Å². The Morgan fingerprint density at radius 2 is 2.12 bits per heavy atom. The van der Waals surface area contributed by atoms with Crippen molar-refractivity contribution in [1.82, 2.24) is 15.2 Å². The average Bonchev–Trinajstić information content (AvgIpc) is 2.80. The molecule has 17 heavy (non-hydrogen) atoms. The SMILES string of the molecule is Cl.Cl.O=C(CCc1nccs1)N1CCNCC1. The molecule has 1 aliphatic heterocycles. The summed E-state index contributed by atoms with van der Waals surface area (Å²) in [5, 5.41) is 6.24. The Morgan fingerprint density at radius 1 is 1.41 bits per heavy atom. The van der Waals surface area contributed by atoms with Gasteiger partial charge in [0.2, 0.25) is 5.91 Å². The summed E-state index contributed by atoms with van der Waals surface area (Å²) in [6, 6.07) is 0. The van der Waals surface area contributed by atoms with Crippen LogP contribution in [0.1, 0.15) is 11.4 Å². The van der Waals surface area contributed by atoms with Gasteiger partial charge in [-0.15, -0.1) is 36.2 Å². The van der Waals surface area contributed by atoms with E-state index >= 15 is 0 Å². The van der Waals surface area contributed by atoms with Crippen LogP contribution in [0.25, 0.3) is 0 Å². The van der Waals surface area contributed by atoms with Gasteiger partial charge in [-0.05, 0) is 0 Å². The number of hydrogen-bond donors (Lipinski definition) is 1. The molecule has 98 valence electrons. The maximum absolute atomic E-state index is 11.8. The van der Waals surface area contributed by atoms with Gasteiger partial charge in [0, 0.05) is 50.6 Å². The molecule has 0 aliphatic carbocycles. The number of carbonyl (C=O) groups is 1. The molecule has 0 spiro atoms. The fraction of sp³-hybridized carbons (Fsp3) is 0.600. The number of piperazine rings is 1. The minimum Gasteiger partial charge on any atom is -0.340 e. The van der Waals surface area contributed by atoms with Gasteiger partial charge in [-0.2, -0.15) is 0 Å². The number of carbonyl (C=O) groups excluding carboxylic acids is 1. The quantitative estimate of drug-likeness (QED) is 0.916. The Balaban J connectivity index is 0.00000128. The smallest absolute Gasteiger partial charge is 0.223 e. The molecular formula is C10H17Cl2N3OS. The number of aromatic nitrogens is 1. The van der Waals surface area contributed by atoms with Crippen molar-refractivity contribution in [1.29, 1.82) is 0 Å². The second kappa shape index (κ2) is 8.69. The van der Waals surface area contributed by atoms with Crippen LogP contribution in [-0.2, 0) is 11.2 Å². The highest BCUT2D eigenvalue weighted by Crippen LogP contribution is 2.08. The zero-order valence-corrected chi connectivity index (χ0v) is 11.9. The van der Waals surface area contributed by atoms with Gasteiger partial charge < -0.3 is 10.2 Å². The third-order valence-corrected chi connectivity index (χ3v) is 3.35. The minimum absolute atomic E-state index is 0. The Kier molecular flexibility index (Phi) is 8.51. The molecule has 7 heteroatoms. The molecule has 1 aliphatic rings. The maximum Gasteiger partial charge on any atom is 0.223 e. The van der Waals surface area contributed by atoms with E-state index in [2.05, 4.69) is 10.3 Å². The van der Waals surface area contributed by atoms with Gasteiger partial charge in [0.25, 0.3) is 0 Å². The van der Waals surface area contributed by atoms with E-state index in [-0.39, 0.29) is 30.7 Å². The number of amides is 1. The fourth-order valence-corrected chi connectivity index (χ4v) is 2.28. The third-order valence-electron chi connectivity index (χ3n) is 2.51. The number of nitrogens with zero attached hydrogens (tertiary/aromatic N) is 2. The zero-order valence-electron chi connectivity index (χ0n) is 9.42. The van der Waals surface area contributed by atoms with E-state index in [1.807, 2.05) is 10.3 Å². The highest BCUT2D eigenvalue weighted by Gasteiger charge is 2.15. The molecule has 0 aromatic carbocycles. The highest BCUT2D eigenvalue weighted by molar-refractivity contribution is 7.09. The Hall–Kier alpha value is -0.360. The lowest BCUT2D eigenvalue weighted by Gasteiger charge is -2.27. The fourth-order valence-electron chi connectivity index (χ4n) is 1.66. The summed E-state index contributed by atoms with van der Waals surface area (Å²) in [5.41, 5.74) is 0. The maximum atomic E-state index is 11.8. The molecule has 1 aromatic heterocycles. The number of nitrogens with one attached hydrogen (secondary N) is 1. The Morgan fingerprint density at radius 3 is 2.71 bits per heavy atom. The van der Waals surface area contributed by atoms with Crippen LogP contribution in [-0.4, -0.2) is 42.0 Å². The van der Waals surface area contributed by atoms with Crippen molar-refractivity contribution in [3.05, 3.63) is 16.6 Å². The van der Waals surface area contributed by atoms with Crippen molar-refractivity contribution in [3.63, 3.8) is 0 Å². The molecule has 2 heterocycles. The first-order valence-corrected chi connectivity index (χ1v) is 6.11. The summed E-state index contributed by atoms with van der Waals surface area (Å²) in [6.45, 7) is 3.53. The molecule has 0 atom stereocenters. The average molecular weight is 298 g/mol. The molecule has 1 amide bonds. The van der Waals surface area contributed by atoms with Gasteiger partial charge in [-0.3, -0.25) is 4.79 Å². The second-order valence-corrected chi connectivity index (χ2v) is 4.54. The van der Waals surface area contributed by atoms with Crippen LogP contribution in [0.4, 0.5) is 0 Å². The summed E-state index contributed by atoms with van der Waals surface area (Å²) in [4.78, 5) is 17.9. The lowest BCUT2D eigenvalue weighted by molar-refractivity contribution is -0.131. The number of aryl methyl sites for hydroxylation is 1. The number of halogens is 2. The van der Waals surface area contributed by atoms with Crippen LogP contribution < -0.4 is 5.32 Å². The van der Waals surface area contributed by atoms with Crippen LogP contribution >= 0.6 is 36.2 Å². The Labute approximate surface area is 118 Å². The van der Waals surface area contributed by atoms with E-state index in [1.54, 1.807) is 17.5 Å². The van der Waals surface area contributed by atoms with Gasteiger partial charge in [-0.1, -0.05) is 0 Å². The molecule has 0 unspecified atom stereocenters. The van der Waals surface area contributed by atoms with Gasteiger partial charge in [0.05, 0.1) is 5.01 Å². The normalized spacial score (nSPS) is 14.7. The number of thiazole rings is 1. The molecule has 0 radical (unpaired) electrons. The molecule has 4 nitrogen and oxygen atoms in total. The van der Waals surface area contributed by atoms with Crippen molar-refractivity contribution in [2.45, 2.75) is 12.8 Å². The Bertz CT molecular complexity index is 315. The van der Waals surface area contributed by atoms with Gasteiger partial charge in [0.15, 0.2) is 0 Å². The first-order valence-electron chi connectivity index (χ1n) is 5.23. The predicted octanol–water partition coefficient (Wildman–Crippen LogP) is 1.35. The second-order valence-electron chi connectivity index (χ2n) is 3.56. The largest absolute Gasteiger partial charge is 0.340 e. The number of rotatable bonds is 3. The number of hydrogen-bond acceptors (Lipinski definition) is 4. The van der Waals surface area contributed by atoms with E-state index in [1.165, 1.54) is 0 Å². The van der Waals surface area contributed by atoms with Crippen molar-refractivity contribution in [2.24, 2.45) is 0 Å². The molecule has 1 N–H and O–H groups in total. The standard InChI is InChI=1S/C10H15N3OS.2ClH/c14-10(13-6-3-11-4-7-13)2-1-9-12-5-8-15-9;;/h5,8,11H,1-4,6-7H2;2*1H.